The van der Waals surface area contributed by atoms with Gasteiger partial charge in [0.05, 0.1) is 6.54 Å². The second-order valence-electron chi connectivity index (χ2n) is 6.18. The Bertz CT molecular complexity index is 917. The number of hydrogen-bond donors (Lipinski definition) is 1. The number of aryl methyl sites for hydroxylation is 2. The molecule has 0 unspecified atom stereocenters. The smallest absolute Gasteiger partial charge is 0.348 e. The second-order valence-corrected chi connectivity index (χ2v) is 6.18. The van der Waals surface area contributed by atoms with Gasteiger partial charge in [-0.1, -0.05) is 29.4 Å². The van der Waals surface area contributed by atoms with E-state index in [0.29, 0.717) is 29.5 Å². The average molecular weight is 325 g/mol. The highest BCUT2D eigenvalue weighted by atomic mass is 16.5. The number of rotatable bonds is 3. The molecule has 1 N–H and O–H groups in total. The molecule has 24 heavy (non-hydrogen) atoms. The van der Waals surface area contributed by atoms with Crippen molar-refractivity contribution in [2.75, 3.05) is 6.54 Å². The lowest BCUT2D eigenvalue weighted by molar-refractivity contribution is 0.238. The molecular weight excluding hydrogens is 306 g/mol. The Morgan fingerprint density at radius 3 is 2.79 bits per heavy atom. The van der Waals surface area contributed by atoms with Gasteiger partial charge in [0.1, 0.15) is 11.4 Å². The molecule has 1 aliphatic heterocycles. The number of H-pyrrole nitrogens is 1. The van der Waals surface area contributed by atoms with Crippen molar-refractivity contribution in [3.05, 3.63) is 63.2 Å². The maximum Gasteiger partial charge on any atom is 0.348 e. The van der Waals surface area contributed by atoms with E-state index in [2.05, 4.69) is 44.5 Å². The van der Waals surface area contributed by atoms with Crippen molar-refractivity contribution in [3.8, 4) is 5.69 Å². The first-order valence-electron chi connectivity index (χ1n) is 8.02. The van der Waals surface area contributed by atoms with Crippen molar-refractivity contribution in [1.82, 2.24) is 24.8 Å². The lowest BCUT2D eigenvalue weighted by atomic mass is 10.00. The van der Waals surface area contributed by atoms with E-state index in [9.17, 15) is 4.79 Å². The molecule has 0 bridgehead atoms. The summed E-state index contributed by atoms with van der Waals surface area (Å²) in [7, 11) is 0. The van der Waals surface area contributed by atoms with Crippen LogP contribution in [0.3, 0.4) is 0 Å². The number of nitrogens with one attached hydrogen (secondary N) is 1. The van der Waals surface area contributed by atoms with E-state index in [4.69, 9.17) is 4.52 Å². The second kappa shape index (κ2) is 5.76. The third-order valence-corrected chi connectivity index (χ3v) is 4.54. The van der Waals surface area contributed by atoms with E-state index < -0.39 is 0 Å². The van der Waals surface area contributed by atoms with Gasteiger partial charge >= 0.3 is 5.69 Å². The van der Waals surface area contributed by atoms with Gasteiger partial charge in [-0.25, -0.2) is 14.5 Å². The Kier molecular flexibility index (Phi) is 3.57. The SMILES string of the molecule is Cc1noc(C)c1-n1c(CN2CCc3ccccc3C2)n[nH]c1=O. The molecule has 0 aliphatic carbocycles. The first-order valence-corrected chi connectivity index (χ1v) is 8.02. The Balaban J connectivity index is 1.64. The van der Waals surface area contributed by atoms with Gasteiger partial charge in [-0.3, -0.25) is 4.90 Å². The molecule has 124 valence electrons. The van der Waals surface area contributed by atoms with E-state index in [1.807, 2.05) is 6.92 Å². The Morgan fingerprint density at radius 2 is 2.04 bits per heavy atom. The minimum absolute atomic E-state index is 0.267. The molecule has 7 heteroatoms. The highest BCUT2D eigenvalue weighted by Gasteiger charge is 2.22. The molecule has 7 nitrogen and oxygen atoms in total. The molecule has 0 atom stereocenters. The summed E-state index contributed by atoms with van der Waals surface area (Å²) in [5, 5.41) is 10.7. The molecule has 3 aromatic rings. The molecule has 0 saturated heterocycles. The van der Waals surface area contributed by atoms with E-state index >= 15 is 0 Å². The minimum Gasteiger partial charge on any atom is -0.359 e. The van der Waals surface area contributed by atoms with Crippen molar-refractivity contribution < 1.29 is 4.52 Å². The number of aromatic amines is 1. The standard InChI is InChI=1S/C17H19N5O2/c1-11-16(12(2)24-20-11)22-15(18-19-17(22)23)10-21-8-7-13-5-3-4-6-14(13)9-21/h3-6H,7-10H2,1-2H3,(H,19,23). The predicted octanol–water partition coefficient (Wildman–Crippen LogP) is 1.72. The Hall–Kier alpha value is -2.67. The first-order chi connectivity index (χ1) is 11.6. The quantitative estimate of drug-likeness (QED) is 0.793. The van der Waals surface area contributed by atoms with Crippen LogP contribution in [0.15, 0.2) is 33.6 Å². The van der Waals surface area contributed by atoms with Crippen LogP contribution in [0.25, 0.3) is 5.69 Å². The molecule has 0 radical (unpaired) electrons. The molecule has 0 spiro atoms. The van der Waals surface area contributed by atoms with Gasteiger partial charge in [-0.2, -0.15) is 5.10 Å². The van der Waals surface area contributed by atoms with Crippen molar-refractivity contribution >= 4 is 0 Å². The molecule has 0 saturated carbocycles. The summed E-state index contributed by atoms with van der Waals surface area (Å²) in [5.41, 5.74) is 3.84. The summed E-state index contributed by atoms with van der Waals surface area (Å²) in [6.45, 7) is 6.03. The lowest BCUT2D eigenvalue weighted by Crippen LogP contribution is -2.31. The molecule has 2 aromatic heterocycles. The van der Waals surface area contributed by atoms with Gasteiger partial charge in [0.2, 0.25) is 0 Å². The normalized spacial score (nSPS) is 14.8. The average Bonchev–Trinajstić information content (AvgIpc) is 3.10. The van der Waals surface area contributed by atoms with Crippen molar-refractivity contribution in [3.63, 3.8) is 0 Å². The van der Waals surface area contributed by atoms with Crippen LogP contribution in [0, 0.1) is 13.8 Å². The van der Waals surface area contributed by atoms with Crippen LogP contribution in [0.2, 0.25) is 0 Å². The van der Waals surface area contributed by atoms with Crippen molar-refractivity contribution in [2.24, 2.45) is 0 Å². The van der Waals surface area contributed by atoms with Crippen LogP contribution in [-0.2, 0) is 19.5 Å². The lowest BCUT2D eigenvalue weighted by Gasteiger charge is -2.28. The molecule has 4 rings (SSSR count). The van der Waals surface area contributed by atoms with E-state index in [0.717, 1.165) is 19.5 Å². The van der Waals surface area contributed by atoms with Crippen LogP contribution in [0.1, 0.15) is 28.4 Å². The fraction of sp³-hybridized carbons (Fsp3) is 0.353. The fourth-order valence-electron chi connectivity index (χ4n) is 3.35. The van der Waals surface area contributed by atoms with Crippen LogP contribution in [0.4, 0.5) is 0 Å². The largest absolute Gasteiger partial charge is 0.359 e. The summed E-state index contributed by atoms with van der Waals surface area (Å²) >= 11 is 0. The number of fused-ring (bicyclic) bond motifs is 1. The summed E-state index contributed by atoms with van der Waals surface area (Å²) in [6.07, 6.45) is 1.01. The minimum atomic E-state index is -0.267. The topological polar surface area (TPSA) is 80.0 Å². The van der Waals surface area contributed by atoms with Gasteiger partial charge in [-0.05, 0) is 31.4 Å². The fourth-order valence-corrected chi connectivity index (χ4v) is 3.35. The summed E-state index contributed by atoms with van der Waals surface area (Å²) < 4.78 is 6.77. The predicted molar refractivity (Wildman–Crippen MR) is 88.0 cm³/mol. The van der Waals surface area contributed by atoms with E-state index in [-0.39, 0.29) is 5.69 Å². The summed E-state index contributed by atoms with van der Waals surface area (Å²) in [6, 6.07) is 8.49. The number of hydrogen-bond acceptors (Lipinski definition) is 5. The monoisotopic (exact) mass is 325 g/mol. The molecule has 3 heterocycles. The zero-order valence-corrected chi connectivity index (χ0v) is 13.7. The molecule has 0 amide bonds. The van der Waals surface area contributed by atoms with Crippen LogP contribution >= 0.6 is 0 Å². The summed E-state index contributed by atoms with van der Waals surface area (Å²) in [5.74, 6) is 1.29. The van der Waals surface area contributed by atoms with Gasteiger partial charge in [0.15, 0.2) is 11.6 Å². The Morgan fingerprint density at radius 1 is 1.25 bits per heavy atom. The van der Waals surface area contributed by atoms with Gasteiger partial charge in [0, 0.05) is 13.1 Å². The van der Waals surface area contributed by atoms with Crippen LogP contribution in [-0.4, -0.2) is 31.4 Å². The van der Waals surface area contributed by atoms with Gasteiger partial charge in [-0.15, -0.1) is 0 Å². The summed E-state index contributed by atoms with van der Waals surface area (Å²) in [4.78, 5) is 14.5. The van der Waals surface area contributed by atoms with E-state index in [1.54, 1.807) is 11.5 Å². The van der Waals surface area contributed by atoms with E-state index in [1.165, 1.54) is 11.1 Å². The zero-order chi connectivity index (χ0) is 16.7. The molecule has 0 fully saturated rings. The number of benzene rings is 1. The van der Waals surface area contributed by atoms with Crippen molar-refractivity contribution in [2.45, 2.75) is 33.4 Å². The van der Waals surface area contributed by atoms with Gasteiger partial charge in [0.25, 0.3) is 0 Å². The zero-order valence-electron chi connectivity index (χ0n) is 13.7. The highest BCUT2D eigenvalue weighted by Crippen LogP contribution is 2.21. The molecular formula is C17H19N5O2. The number of aromatic nitrogens is 4. The molecule has 1 aliphatic rings. The van der Waals surface area contributed by atoms with Gasteiger partial charge < -0.3 is 4.52 Å². The van der Waals surface area contributed by atoms with Crippen LogP contribution in [0.5, 0.6) is 0 Å². The third-order valence-electron chi connectivity index (χ3n) is 4.54. The maximum atomic E-state index is 12.2. The Labute approximate surface area is 138 Å². The van der Waals surface area contributed by atoms with Crippen LogP contribution < -0.4 is 5.69 Å². The highest BCUT2D eigenvalue weighted by molar-refractivity contribution is 5.39. The molecule has 1 aromatic carbocycles. The number of nitrogens with zero attached hydrogens (tertiary/aromatic N) is 4. The maximum absolute atomic E-state index is 12.2. The third kappa shape index (κ3) is 2.46. The van der Waals surface area contributed by atoms with Crippen molar-refractivity contribution in [1.29, 1.82) is 0 Å². The first kappa shape index (κ1) is 14.9.